The van der Waals surface area contributed by atoms with Crippen LogP contribution in [0.4, 0.5) is 0 Å². The van der Waals surface area contributed by atoms with Crippen molar-refractivity contribution in [3.63, 3.8) is 0 Å². The number of nitrogens with one attached hydrogen (secondary N) is 1. The molecule has 1 fully saturated rings. The van der Waals surface area contributed by atoms with Gasteiger partial charge < -0.3 is 10.1 Å². The Morgan fingerprint density at radius 2 is 2.30 bits per heavy atom. The van der Waals surface area contributed by atoms with Crippen molar-refractivity contribution in [2.75, 3.05) is 26.2 Å². The zero-order valence-electron chi connectivity index (χ0n) is 12.9. The smallest absolute Gasteiger partial charge is 0.123 e. The van der Waals surface area contributed by atoms with Crippen LogP contribution < -0.4 is 10.1 Å². The number of benzene rings is 1. The first-order valence-electron chi connectivity index (χ1n) is 7.83. The van der Waals surface area contributed by atoms with Crippen LogP contribution in [0.3, 0.4) is 0 Å². The number of rotatable bonds is 3. The van der Waals surface area contributed by atoms with E-state index in [2.05, 4.69) is 49.2 Å². The average molecular weight is 274 g/mol. The van der Waals surface area contributed by atoms with Crippen molar-refractivity contribution < 1.29 is 4.74 Å². The number of nitrogens with zero attached hydrogens (tertiary/aromatic N) is 1. The van der Waals surface area contributed by atoms with Gasteiger partial charge in [-0.1, -0.05) is 24.6 Å². The van der Waals surface area contributed by atoms with E-state index in [0.29, 0.717) is 6.10 Å². The summed E-state index contributed by atoms with van der Waals surface area (Å²) in [6, 6.07) is 6.54. The summed E-state index contributed by atoms with van der Waals surface area (Å²) in [7, 11) is 0. The maximum atomic E-state index is 6.14. The van der Waals surface area contributed by atoms with Gasteiger partial charge in [0.05, 0.1) is 0 Å². The Kier molecular flexibility index (Phi) is 3.74. The molecular formula is C17H26N2O. The summed E-state index contributed by atoms with van der Waals surface area (Å²) < 4.78 is 6.14. The van der Waals surface area contributed by atoms with E-state index < -0.39 is 0 Å². The first-order chi connectivity index (χ1) is 9.60. The van der Waals surface area contributed by atoms with Crippen LogP contribution in [0.15, 0.2) is 18.2 Å². The van der Waals surface area contributed by atoms with Crippen LogP contribution in [0.25, 0.3) is 0 Å². The third-order valence-electron chi connectivity index (χ3n) is 4.97. The van der Waals surface area contributed by atoms with Crippen LogP contribution in [0, 0.1) is 6.92 Å². The van der Waals surface area contributed by atoms with Gasteiger partial charge in [-0.25, -0.2) is 0 Å². The second kappa shape index (κ2) is 5.38. The number of hydrogen-bond acceptors (Lipinski definition) is 3. The molecule has 1 aromatic carbocycles. The van der Waals surface area contributed by atoms with Gasteiger partial charge in [0.1, 0.15) is 11.9 Å². The van der Waals surface area contributed by atoms with Crippen molar-refractivity contribution in [1.29, 1.82) is 0 Å². The molecule has 2 heterocycles. The lowest BCUT2D eigenvalue weighted by Gasteiger charge is -2.45. The molecule has 1 saturated heterocycles. The quantitative estimate of drug-likeness (QED) is 0.916. The maximum absolute atomic E-state index is 6.14. The predicted molar refractivity (Wildman–Crippen MR) is 82.4 cm³/mol. The molecule has 2 aliphatic rings. The molecule has 1 aromatic rings. The highest BCUT2D eigenvalue weighted by molar-refractivity contribution is 5.40. The molecule has 0 saturated carbocycles. The highest BCUT2D eigenvalue weighted by Crippen LogP contribution is 2.31. The fraction of sp³-hybridized carbons (Fsp3) is 0.647. The van der Waals surface area contributed by atoms with Gasteiger partial charge in [0.25, 0.3) is 0 Å². The average Bonchev–Trinajstić information content (AvgIpc) is 2.83. The summed E-state index contributed by atoms with van der Waals surface area (Å²) in [4.78, 5) is 2.62. The van der Waals surface area contributed by atoms with Crippen LogP contribution in [-0.2, 0) is 6.42 Å². The number of fused-ring (bicyclic) bond motifs is 1. The lowest BCUT2D eigenvalue weighted by Crippen LogP contribution is -2.61. The number of ether oxygens (including phenoxy) is 1. The van der Waals surface area contributed by atoms with E-state index in [1.165, 1.54) is 17.5 Å². The number of piperazine rings is 1. The maximum Gasteiger partial charge on any atom is 0.123 e. The molecule has 2 unspecified atom stereocenters. The summed E-state index contributed by atoms with van der Waals surface area (Å²) in [5.74, 6) is 1.09. The largest absolute Gasteiger partial charge is 0.488 e. The minimum Gasteiger partial charge on any atom is -0.488 e. The van der Waals surface area contributed by atoms with Gasteiger partial charge in [0, 0.05) is 38.1 Å². The molecule has 0 aromatic heterocycles. The van der Waals surface area contributed by atoms with E-state index >= 15 is 0 Å². The van der Waals surface area contributed by atoms with E-state index in [-0.39, 0.29) is 5.54 Å². The van der Waals surface area contributed by atoms with Gasteiger partial charge in [-0.3, -0.25) is 4.90 Å². The van der Waals surface area contributed by atoms with Gasteiger partial charge in [0.2, 0.25) is 0 Å². The van der Waals surface area contributed by atoms with Gasteiger partial charge in [-0.05, 0) is 31.9 Å². The highest BCUT2D eigenvalue weighted by atomic mass is 16.5. The molecule has 0 radical (unpaired) electrons. The monoisotopic (exact) mass is 274 g/mol. The summed E-state index contributed by atoms with van der Waals surface area (Å²) in [6.07, 6.45) is 2.55. The van der Waals surface area contributed by atoms with Gasteiger partial charge in [0.15, 0.2) is 0 Å². The van der Waals surface area contributed by atoms with Crippen molar-refractivity contribution in [1.82, 2.24) is 10.2 Å². The Hall–Kier alpha value is -1.06. The molecule has 3 heteroatoms. The molecule has 0 spiro atoms. The first kappa shape index (κ1) is 13.9. The molecule has 0 bridgehead atoms. The number of hydrogen-bond donors (Lipinski definition) is 1. The lowest BCUT2D eigenvalue weighted by molar-refractivity contribution is 0.0367. The third-order valence-corrected chi connectivity index (χ3v) is 4.97. The topological polar surface area (TPSA) is 24.5 Å². The van der Waals surface area contributed by atoms with Crippen LogP contribution in [0.1, 0.15) is 31.4 Å². The van der Waals surface area contributed by atoms with Crippen molar-refractivity contribution in [3.05, 3.63) is 29.3 Å². The van der Waals surface area contributed by atoms with Crippen LogP contribution in [-0.4, -0.2) is 42.7 Å². The molecule has 2 aliphatic heterocycles. The minimum absolute atomic E-state index is 0.270. The Labute approximate surface area is 122 Å². The first-order valence-corrected chi connectivity index (χ1v) is 7.83. The van der Waals surface area contributed by atoms with Crippen molar-refractivity contribution in [2.45, 2.75) is 45.3 Å². The molecule has 20 heavy (non-hydrogen) atoms. The van der Waals surface area contributed by atoms with Gasteiger partial charge in [-0.15, -0.1) is 0 Å². The zero-order valence-corrected chi connectivity index (χ0v) is 12.9. The summed E-state index contributed by atoms with van der Waals surface area (Å²) in [5, 5.41) is 3.52. The molecule has 1 N–H and O–H groups in total. The molecule has 0 amide bonds. The fourth-order valence-corrected chi connectivity index (χ4v) is 3.41. The lowest BCUT2D eigenvalue weighted by atomic mass is 9.93. The summed E-state index contributed by atoms with van der Waals surface area (Å²) in [6.45, 7) is 11.1. The van der Waals surface area contributed by atoms with Crippen molar-refractivity contribution in [3.8, 4) is 5.75 Å². The second-order valence-electron chi connectivity index (χ2n) is 6.53. The Morgan fingerprint density at radius 3 is 3.10 bits per heavy atom. The van der Waals surface area contributed by atoms with E-state index in [1.54, 1.807) is 0 Å². The Balaban J connectivity index is 1.68. The van der Waals surface area contributed by atoms with E-state index in [0.717, 1.165) is 38.3 Å². The number of aryl methyl sites for hydroxylation is 1. The van der Waals surface area contributed by atoms with Crippen LogP contribution in [0.5, 0.6) is 5.75 Å². The molecular weight excluding hydrogens is 248 g/mol. The standard InChI is InChI=1S/C17H26N2O/c1-4-17(3)12-18-7-8-19(17)11-15-10-14-9-13(2)5-6-16(14)20-15/h5-6,9,15,18H,4,7-8,10-12H2,1-3H3. The van der Waals surface area contributed by atoms with Crippen LogP contribution in [0.2, 0.25) is 0 Å². The minimum atomic E-state index is 0.270. The molecule has 110 valence electrons. The molecule has 0 aliphatic carbocycles. The summed E-state index contributed by atoms with van der Waals surface area (Å²) >= 11 is 0. The van der Waals surface area contributed by atoms with Gasteiger partial charge in [-0.2, -0.15) is 0 Å². The normalized spacial score (nSPS) is 30.1. The van der Waals surface area contributed by atoms with Crippen molar-refractivity contribution >= 4 is 0 Å². The van der Waals surface area contributed by atoms with E-state index in [9.17, 15) is 0 Å². The Bertz CT molecular complexity index is 488. The van der Waals surface area contributed by atoms with Crippen LogP contribution >= 0.6 is 0 Å². The Morgan fingerprint density at radius 1 is 1.45 bits per heavy atom. The predicted octanol–water partition coefficient (Wildman–Crippen LogP) is 2.37. The zero-order chi connectivity index (χ0) is 14.2. The van der Waals surface area contributed by atoms with E-state index in [4.69, 9.17) is 4.74 Å². The molecule has 3 nitrogen and oxygen atoms in total. The third kappa shape index (κ3) is 2.57. The fourth-order valence-electron chi connectivity index (χ4n) is 3.41. The van der Waals surface area contributed by atoms with E-state index in [1.807, 2.05) is 0 Å². The second-order valence-corrected chi connectivity index (χ2v) is 6.53. The van der Waals surface area contributed by atoms with Gasteiger partial charge >= 0.3 is 0 Å². The molecule has 2 atom stereocenters. The molecule has 3 rings (SSSR count). The highest BCUT2D eigenvalue weighted by Gasteiger charge is 2.35. The van der Waals surface area contributed by atoms with Crippen molar-refractivity contribution in [2.24, 2.45) is 0 Å². The summed E-state index contributed by atoms with van der Waals surface area (Å²) in [5.41, 5.74) is 2.98. The SMILES string of the molecule is CCC1(C)CNCCN1CC1Cc2cc(C)ccc2O1.